The molecule has 0 spiro atoms. The Labute approximate surface area is 136 Å². The van der Waals surface area contributed by atoms with Gasteiger partial charge in [-0.2, -0.15) is 0 Å². The average molecular weight is 316 g/mol. The molecule has 3 nitrogen and oxygen atoms in total. The van der Waals surface area contributed by atoms with Crippen LogP contribution in [-0.2, 0) is 6.54 Å². The molecule has 1 aromatic carbocycles. The summed E-state index contributed by atoms with van der Waals surface area (Å²) in [5.41, 5.74) is 1.21. The number of hydrogen-bond donors (Lipinski definition) is 1. The molecular weight excluding hydrogens is 292 g/mol. The van der Waals surface area contributed by atoms with Crippen LogP contribution in [0.4, 0.5) is 0 Å². The normalized spacial score (nSPS) is 16.4. The monoisotopic (exact) mass is 316 g/mol. The molecule has 0 amide bonds. The number of hydrogen-bond acceptors (Lipinski definition) is 4. The lowest BCUT2D eigenvalue weighted by atomic mass is 10.1. The Bertz CT molecular complexity index is 571. The van der Waals surface area contributed by atoms with E-state index < -0.39 is 0 Å². The van der Waals surface area contributed by atoms with Crippen molar-refractivity contribution in [2.24, 2.45) is 0 Å². The zero-order valence-electron chi connectivity index (χ0n) is 13.2. The van der Waals surface area contributed by atoms with Crippen molar-refractivity contribution in [2.75, 3.05) is 7.11 Å². The third kappa shape index (κ3) is 4.08. The highest BCUT2D eigenvalue weighted by atomic mass is 32.1. The molecule has 1 heterocycles. The van der Waals surface area contributed by atoms with Crippen LogP contribution in [0.25, 0.3) is 10.4 Å². The summed E-state index contributed by atoms with van der Waals surface area (Å²) in [5.74, 6) is 0.892. The second-order valence-corrected chi connectivity index (χ2v) is 7.03. The smallest absolute Gasteiger partial charge is 0.118 e. The highest BCUT2D eigenvalue weighted by molar-refractivity contribution is 7.15. The quantitative estimate of drug-likeness (QED) is 0.817. The Morgan fingerprint density at radius 2 is 1.86 bits per heavy atom. The van der Waals surface area contributed by atoms with Crippen molar-refractivity contribution in [3.8, 4) is 16.2 Å². The second kappa shape index (κ2) is 7.75. The van der Waals surface area contributed by atoms with Gasteiger partial charge in [0.1, 0.15) is 10.8 Å². The number of rotatable bonds is 5. The zero-order valence-corrected chi connectivity index (χ0v) is 14.0. The van der Waals surface area contributed by atoms with Crippen molar-refractivity contribution in [2.45, 2.75) is 51.1 Å². The van der Waals surface area contributed by atoms with Gasteiger partial charge in [0.15, 0.2) is 0 Å². The predicted octanol–water partition coefficient (Wildman–Crippen LogP) is 4.63. The van der Waals surface area contributed by atoms with Gasteiger partial charge < -0.3 is 10.1 Å². The fraction of sp³-hybridized carbons (Fsp3) is 0.500. The molecule has 0 aliphatic heterocycles. The molecule has 118 valence electrons. The third-order valence-electron chi connectivity index (χ3n) is 4.33. The molecule has 1 fully saturated rings. The summed E-state index contributed by atoms with van der Waals surface area (Å²) >= 11 is 1.78. The molecule has 1 aliphatic carbocycles. The summed E-state index contributed by atoms with van der Waals surface area (Å²) in [4.78, 5) is 5.79. The number of nitrogens with zero attached hydrogens (tertiary/aromatic N) is 1. The van der Waals surface area contributed by atoms with E-state index in [0.717, 1.165) is 12.3 Å². The van der Waals surface area contributed by atoms with E-state index >= 15 is 0 Å². The molecule has 4 heteroatoms. The zero-order chi connectivity index (χ0) is 15.2. The highest BCUT2D eigenvalue weighted by Gasteiger charge is 2.12. The molecule has 0 radical (unpaired) electrons. The van der Waals surface area contributed by atoms with Gasteiger partial charge in [0, 0.05) is 18.8 Å². The molecule has 0 saturated heterocycles. The van der Waals surface area contributed by atoms with Crippen molar-refractivity contribution < 1.29 is 4.74 Å². The van der Waals surface area contributed by atoms with Crippen LogP contribution in [0.2, 0.25) is 0 Å². The first-order valence-corrected chi connectivity index (χ1v) is 8.99. The van der Waals surface area contributed by atoms with Crippen molar-refractivity contribution in [3.63, 3.8) is 0 Å². The third-order valence-corrected chi connectivity index (χ3v) is 5.37. The first kappa shape index (κ1) is 15.5. The first-order valence-electron chi connectivity index (χ1n) is 8.17. The maximum atomic E-state index is 5.20. The van der Waals surface area contributed by atoms with E-state index in [1.165, 1.54) is 54.0 Å². The number of aromatic nitrogens is 1. The van der Waals surface area contributed by atoms with Gasteiger partial charge in [-0.15, -0.1) is 11.3 Å². The average Bonchev–Trinajstić information content (AvgIpc) is 2.88. The van der Waals surface area contributed by atoms with Crippen molar-refractivity contribution in [1.29, 1.82) is 0 Å². The summed E-state index contributed by atoms with van der Waals surface area (Å²) in [6.45, 7) is 0.894. The van der Waals surface area contributed by atoms with Crippen molar-refractivity contribution >= 4 is 11.3 Å². The van der Waals surface area contributed by atoms with Gasteiger partial charge in [0.25, 0.3) is 0 Å². The number of ether oxygens (including phenoxy) is 1. The van der Waals surface area contributed by atoms with E-state index in [-0.39, 0.29) is 0 Å². The van der Waals surface area contributed by atoms with Crippen LogP contribution in [0.1, 0.15) is 43.5 Å². The summed E-state index contributed by atoms with van der Waals surface area (Å²) in [5, 5.41) is 4.86. The fourth-order valence-corrected chi connectivity index (χ4v) is 3.87. The van der Waals surface area contributed by atoms with E-state index in [1.54, 1.807) is 18.4 Å². The lowest BCUT2D eigenvalue weighted by Gasteiger charge is -2.14. The summed E-state index contributed by atoms with van der Waals surface area (Å²) in [6.07, 6.45) is 10.2. The molecule has 0 unspecified atom stereocenters. The Morgan fingerprint density at radius 3 is 2.55 bits per heavy atom. The number of benzene rings is 1. The molecule has 3 rings (SSSR count). The van der Waals surface area contributed by atoms with E-state index in [2.05, 4.69) is 22.4 Å². The van der Waals surface area contributed by atoms with Gasteiger partial charge >= 0.3 is 0 Å². The van der Waals surface area contributed by atoms with Gasteiger partial charge in [-0.3, -0.25) is 0 Å². The van der Waals surface area contributed by atoms with Crippen LogP contribution in [0, 0.1) is 0 Å². The molecule has 1 aromatic heterocycles. The predicted molar refractivity (Wildman–Crippen MR) is 92.4 cm³/mol. The second-order valence-electron chi connectivity index (χ2n) is 5.92. The van der Waals surface area contributed by atoms with Crippen molar-refractivity contribution in [1.82, 2.24) is 10.3 Å². The lowest BCUT2D eigenvalue weighted by Crippen LogP contribution is -2.27. The summed E-state index contributed by atoms with van der Waals surface area (Å²) in [6, 6.07) is 8.86. The number of methoxy groups -OCH3 is 1. The van der Waals surface area contributed by atoms with Gasteiger partial charge in [0.2, 0.25) is 0 Å². The molecule has 0 atom stereocenters. The minimum Gasteiger partial charge on any atom is -0.497 e. The van der Waals surface area contributed by atoms with Gasteiger partial charge in [-0.1, -0.05) is 25.7 Å². The van der Waals surface area contributed by atoms with Gasteiger partial charge in [-0.05, 0) is 42.7 Å². The van der Waals surface area contributed by atoms with Crippen LogP contribution in [0.5, 0.6) is 5.75 Å². The Balaban J connectivity index is 1.58. The van der Waals surface area contributed by atoms with Gasteiger partial charge in [-0.25, -0.2) is 4.98 Å². The minimum atomic E-state index is 0.677. The molecule has 22 heavy (non-hydrogen) atoms. The molecule has 1 aliphatic rings. The highest BCUT2D eigenvalue weighted by Crippen LogP contribution is 2.28. The molecule has 2 aromatic rings. The van der Waals surface area contributed by atoms with E-state index in [1.807, 2.05) is 18.3 Å². The SMILES string of the molecule is COc1ccc(-c2cnc(CNC3CCCCCC3)s2)cc1. The maximum absolute atomic E-state index is 5.20. The summed E-state index contributed by atoms with van der Waals surface area (Å²) < 4.78 is 5.20. The molecule has 0 bridgehead atoms. The van der Waals surface area contributed by atoms with E-state index in [0.29, 0.717) is 6.04 Å². The van der Waals surface area contributed by atoms with E-state index in [4.69, 9.17) is 4.74 Å². The molecular formula is C18H24N2OS. The Morgan fingerprint density at radius 1 is 1.14 bits per heavy atom. The maximum Gasteiger partial charge on any atom is 0.118 e. The Hall–Kier alpha value is -1.39. The topological polar surface area (TPSA) is 34.1 Å². The minimum absolute atomic E-state index is 0.677. The standard InChI is InChI=1S/C18H24N2OS/c1-21-16-10-8-14(9-11-16)17-12-20-18(22-17)13-19-15-6-4-2-3-5-7-15/h8-12,15,19H,2-7,13H2,1H3. The van der Waals surface area contributed by atoms with Crippen molar-refractivity contribution in [3.05, 3.63) is 35.5 Å². The molecule has 1 saturated carbocycles. The molecule has 1 N–H and O–H groups in total. The number of thiazole rings is 1. The fourth-order valence-electron chi connectivity index (χ4n) is 3.00. The lowest BCUT2D eigenvalue weighted by molar-refractivity contribution is 0.415. The first-order chi connectivity index (χ1) is 10.8. The van der Waals surface area contributed by atoms with Crippen LogP contribution < -0.4 is 10.1 Å². The van der Waals surface area contributed by atoms with Crippen LogP contribution in [0.15, 0.2) is 30.5 Å². The van der Waals surface area contributed by atoms with Crippen LogP contribution in [0.3, 0.4) is 0 Å². The Kier molecular flexibility index (Phi) is 5.46. The number of nitrogens with one attached hydrogen (secondary N) is 1. The summed E-state index contributed by atoms with van der Waals surface area (Å²) in [7, 11) is 1.69. The van der Waals surface area contributed by atoms with Crippen LogP contribution in [-0.4, -0.2) is 18.1 Å². The van der Waals surface area contributed by atoms with Gasteiger partial charge in [0.05, 0.1) is 12.0 Å². The van der Waals surface area contributed by atoms with E-state index in [9.17, 15) is 0 Å². The van der Waals surface area contributed by atoms with Crippen LogP contribution >= 0.6 is 11.3 Å². The largest absolute Gasteiger partial charge is 0.497 e.